The van der Waals surface area contributed by atoms with Crippen LogP contribution in [0.2, 0.25) is 0 Å². The monoisotopic (exact) mass is 471 g/mol. The number of piperidine rings is 1. The van der Waals surface area contributed by atoms with E-state index in [-0.39, 0.29) is 23.1 Å². The lowest BCUT2D eigenvalue weighted by atomic mass is 9.74. The van der Waals surface area contributed by atoms with E-state index >= 15 is 0 Å². The van der Waals surface area contributed by atoms with Crippen LogP contribution >= 0.6 is 0 Å². The number of rotatable bonds is 6. The molecule has 4 nitrogen and oxygen atoms in total. The molecule has 186 valence electrons. The minimum Gasteiger partial charge on any atom is -0.490 e. The molecule has 0 radical (unpaired) electrons. The number of nitrogens with zero attached hydrogens (tertiary/aromatic N) is 1. The largest absolute Gasteiger partial charge is 0.490 e. The molecule has 1 aliphatic carbocycles. The lowest BCUT2D eigenvalue weighted by molar-refractivity contribution is 0.0116. The summed E-state index contributed by atoms with van der Waals surface area (Å²) in [5.41, 5.74) is 11.4. The molecule has 0 saturated carbocycles. The van der Waals surface area contributed by atoms with Gasteiger partial charge in [-0.15, -0.1) is 0 Å². The molecule has 5 rings (SSSR count). The standard InChI is InChI=1S/C31H41N3O/c1-22-19-31(4,32)27-20-30(3,35-29(27)23(22)2)21-34-17-15-26(16-18-34)33-28(24-11-7-5-8-12-24)25-13-9-6-10-14-25/h5-14,19,26-28,33H,15-18,20-21,32H2,1-4H3/t27?,30-,31?/m0/s1. The van der Waals surface area contributed by atoms with Gasteiger partial charge in [0.25, 0.3) is 0 Å². The number of allylic oxidation sites excluding steroid dienone is 2. The topological polar surface area (TPSA) is 50.5 Å². The third-order valence-corrected chi connectivity index (χ3v) is 8.36. The Bertz CT molecular complexity index is 1040. The number of hydrogen-bond acceptors (Lipinski definition) is 4. The van der Waals surface area contributed by atoms with Crippen LogP contribution in [0.3, 0.4) is 0 Å². The van der Waals surface area contributed by atoms with Crippen LogP contribution in [0.1, 0.15) is 64.1 Å². The molecule has 0 aromatic heterocycles. The van der Waals surface area contributed by atoms with Crippen LogP contribution in [0, 0.1) is 5.92 Å². The van der Waals surface area contributed by atoms with Gasteiger partial charge in [0, 0.05) is 24.0 Å². The number of nitrogens with two attached hydrogens (primary N) is 1. The molecule has 2 fully saturated rings. The molecule has 2 aromatic rings. The first-order chi connectivity index (χ1) is 16.7. The summed E-state index contributed by atoms with van der Waals surface area (Å²) in [7, 11) is 0. The summed E-state index contributed by atoms with van der Waals surface area (Å²) in [6.07, 6.45) is 5.51. The zero-order chi connectivity index (χ0) is 24.6. The van der Waals surface area contributed by atoms with Gasteiger partial charge < -0.3 is 15.8 Å². The maximum absolute atomic E-state index is 6.72. The number of ether oxygens (including phenoxy) is 1. The van der Waals surface area contributed by atoms with Gasteiger partial charge in [-0.25, -0.2) is 0 Å². The van der Waals surface area contributed by atoms with Gasteiger partial charge >= 0.3 is 0 Å². The van der Waals surface area contributed by atoms with Crippen LogP contribution < -0.4 is 11.1 Å². The molecular formula is C31H41N3O. The molecule has 3 aliphatic rings. The number of likely N-dealkylation sites (tertiary alicyclic amines) is 1. The SMILES string of the molecule is CC1=CC(C)(N)C2C[C@@](C)(CN3CCC(NC(c4ccccc4)c4ccccc4)CC3)OC2=C1C. The fraction of sp³-hybridized carbons (Fsp3) is 0.484. The summed E-state index contributed by atoms with van der Waals surface area (Å²) in [5.74, 6) is 1.40. The van der Waals surface area contributed by atoms with E-state index in [1.165, 1.54) is 22.3 Å². The molecule has 4 heteroatoms. The Morgan fingerprint density at radius 1 is 0.971 bits per heavy atom. The second kappa shape index (κ2) is 9.57. The first-order valence-corrected chi connectivity index (χ1v) is 13.2. The highest BCUT2D eigenvalue weighted by molar-refractivity contribution is 5.42. The van der Waals surface area contributed by atoms with Gasteiger partial charge in [0.05, 0.1) is 6.04 Å². The van der Waals surface area contributed by atoms with Crippen molar-refractivity contribution < 1.29 is 4.74 Å². The number of fused-ring (bicyclic) bond motifs is 1. The zero-order valence-corrected chi connectivity index (χ0v) is 21.8. The predicted molar refractivity (Wildman–Crippen MR) is 144 cm³/mol. The van der Waals surface area contributed by atoms with Crippen LogP contribution in [0.4, 0.5) is 0 Å². The van der Waals surface area contributed by atoms with E-state index in [2.05, 4.69) is 105 Å². The third kappa shape index (κ3) is 5.11. The van der Waals surface area contributed by atoms with Gasteiger partial charge in [-0.2, -0.15) is 0 Å². The molecule has 2 unspecified atom stereocenters. The van der Waals surface area contributed by atoms with Crippen molar-refractivity contribution in [1.82, 2.24) is 10.2 Å². The highest BCUT2D eigenvalue weighted by Crippen LogP contribution is 2.48. The number of nitrogens with one attached hydrogen (secondary N) is 1. The van der Waals surface area contributed by atoms with Crippen LogP contribution in [0.5, 0.6) is 0 Å². The molecule has 0 bridgehead atoms. The fourth-order valence-electron chi connectivity index (χ4n) is 6.35. The molecule has 2 saturated heterocycles. The van der Waals surface area contributed by atoms with Crippen molar-refractivity contribution in [2.45, 2.75) is 70.2 Å². The van der Waals surface area contributed by atoms with Crippen molar-refractivity contribution in [3.63, 3.8) is 0 Å². The average molecular weight is 472 g/mol. The first-order valence-electron chi connectivity index (χ1n) is 13.2. The summed E-state index contributed by atoms with van der Waals surface area (Å²) < 4.78 is 6.68. The van der Waals surface area contributed by atoms with E-state index in [0.29, 0.717) is 6.04 Å². The highest BCUT2D eigenvalue weighted by atomic mass is 16.5. The average Bonchev–Trinajstić information content (AvgIpc) is 3.22. The summed E-state index contributed by atoms with van der Waals surface area (Å²) in [5, 5.41) is 3.99. The van der Waals surface area contributed by atoms with Crippen LogP contribution in [0.15, 0.2) is 83.6 Å². The van der Waals surface area contributed by atoms with E-state index in [0.717, 1.165) is 44.7 Å². The van der Waals surface area contributed by atoms with Gasteiger partial charge in [-0.3, -0.25) is 4.90 Å². The Labute approximate surface area is 211 Å². The number of benzene rings is 2. The molecule has 0 amide bonds. The van der Waals surface area contributed by atoms with E-state index in [4.69, 9.17) is 10.5 Å². The third-order valence-electron chi connectivity index (χ3n) is 8.36. The maximum Gasteiger partial charge on any atom is 0.119 e. The Morgan fingerprint density at radius 2 is 1.54 bits per heavy atom. The summed E-state index contributed by atoms with van der Waals surface area (Å²) in [6, 6.07) is 22.4. The van der Waals surface area contributed by atoms with Crippen LogP contribution in [-0.4, -0.2) is 41.7 Å². The summed E-state index contributed by atoms with van der Waals surface area (Å²) >= 11 is 0. The lowest BCUT2D eigenvalue weighted by Crippen LogP contribution is -2.49. The van der Waals surface area contributed by atoms with Gasteiger partial charge in [0.1, 0.15) is 11.4 Å². The Balaban J connectivity index is 1.22. The predicted octanol–water partition coefficient (Wildman–Crippen LogP) is 5.58. The van der Waals surface area contributed by atoms with Crippen molar-refractivity contribution in [2.24, 2.45) is 11.7 Å². The molecular weight excluding hydrogens is 430 g/mol. The Hall–Kier alpha value is -2.40. The molecule has 2 heterocycles. The molecule has 0 spiro atoms. The van der Waals surface area contributed by atoms with Crippen molar-refractivity contribution in [1.29, 1.82) is 0 Å². The Morgan fingerprint density at radius 3 is 2.11 bits per heavy atom. The Kier molecular flexibility index (Phi) is 6.65. The normalized spacial score (nSPS) is 29.8. The highest BCUT2D eigenvalue weighted by Gasteiger charge is 2.50. The van der Waals surface area contributed by atoms with E-state index in [1.807, 2.05) is 0 Å². The smallest absolute Gasteiger partial charge is 0.119 e. The minimum atomic E-state index is -0.336. The van der Waals surface area contributed by atoms with Crippen molar-refractivity contribution in [2.75, 3.05) is 19.6 Å². The van der Waals surface area contributed by atoms with Crippen LogP contribution in [0.25, 0.3) is 0 Å². The van der Waals surface area contributed by atoms with Crippen molar-refractivity contribution in [3.8, 4) is 0 Å². The van der Waals surface area contributed by atoms with E-state index in [9.17, 15) is 0 Å². The fourth-order valence-corrected chi connectivity index (χ4v) is 6.35. The minimum absolute atomic E-state index is 0.183. The molecule has 3 atom stereocenters. The van der Waals surface area contributed by atoms with Gasteiger partial charge in [0.2, 0.25) is 0 Å². The second-order valence-corrected chi connectivity index (χ2v) is 11.5. The molecule has 35 heavy (non-hydrogen) atoms. The maximum atomic E-state index is 6.72. The lowest BCUT2D eigenvalue weighted by Gasteiger charge is -2.38. The summed E-state index contributed by atoms with van der Waals surface area (Å²) in [4.78, 5) is 2.60. The van der Waals surface area contributed by atoms with Gasteiger partial charge in [-0.1, -0.05) is 66.7 Å². The van der Waals surface area contributed by atoms with Crippen molar-refractivity contribution in [3.05, 3.63) is 94.8 Å². The quantitative estimate of drug-likeness (QED) is 0.578. The zero-order valence-electron chi connectivity index (χ0n) is 21.8. The van der Waals surface area contributed by atoms with Gasteiger partial charge in [0.15, 0.2) is 0 Å². The first kappa shape index (κ1) is 24.3. The molecule has 3 N–H and O–H groups in total. The molecule has 2 aromatic carbocycles. The van der Waals surface area contributed by atoms with Crippen LogP contribution in [-0.2, 0) is 4.74 Å². The van der Waals surface area contributed by atoms with Crippen molar-refractivity contribution >= 4 is 0 Å². The second-order valence-electron chi connectivity index (χ2n) is 11.5. The van der Waals surface area contributed by atoms with Gasteiger partial charge in [-0.05, 0) is 82.3 Å². The van der Waals surface area contributed by atoms with E-state index < -0.39 is 0 Å². The number of hydrogen-bond donors (Lipinski definition) is 2. The molecule has 2 aliphatic heterocycles. The summed E-state index contributed by atoms with van der Waals surface area (Å²) in [6.45, 7) is 11.9. The van der Waals surface area contributed by atoms with E-state index in [1.54, 1.807) is 0 Å².